The molecule has 0 saturated heterocycles. The van der Waals surface area contributed by atoms with E-state index in [0.29, 0.717) is 18.5 Å². The van der Waals surface area contributed by atoms with Gasteiger partial charge in [0.15, 0.2) is 0 Å². The topological polar surface area (TPSA) is 135 Å². The molecule has 4 N–H and O–H groups in total. The first kappa shape index (κ1) is 24.1. The standard InChI is InChI=1S/C12H31NO8SSi2/c1-19-24(20-2,21-3)9-4-6-13-22(17,18)7-5-8-23(10-14,11-15)12-16/h13-16H,4-12H2,1-3H3. The molecule has 0 rings (SSSR count). The Labute approximate surface area is 146 Å². The van der Waals surface area contributed by atoms with Crippen LogP contribution in [0.25, 0.3) is 0 Å². The first-order valence-corrected chi connectivity index (χ1v) is 14.1. The Bertz CT molecular complexity index is 412. The van der Waals surface area contributed by atoms with Crippen LogP contribution in [0.15, 0.2) is 0 Å². The second kappa shape index (κ2) is 11.7. The number of hydrogen-bond acceptors (Lipinski definition) is 8. The molecule has 9 nitrogen and oxygen atoms in total. The van der Waals surface area contributed by atoms with Crippen LogP contribution in [0.5, 0.6) is 0 Å². The lowest BCUT2D eigenvalue weighted by Gasteiger charge is -2.24. The van der Waals surface area contributed by atoms with Gasteiger partial charge in [-0.1, -0.05) is 6.04 Å². The van der Waals surface area contributed by atoms with Gasteiger partial charge < -0.3 is 28.6 Å². The minimum atomic E-state index is -3.45. The minimum absolute atomic E-state index is 0.108. The molecule has 0 radical (unpaired) electrons. The van der Waals surface area contributed by atoms with Crippen molar-refractivity contribution in [2.45, 2.75) is 24.9 Å². The third kappa shape index (κ3) is 7.99. The maximum absolute atomic E-state index is 11.9. The van der Waals surface area contributed by atoms with Crippen molar-refractivity contribution in [1.29, 1.82) is 0 Å². The highest BCUT2D eigenvalue weighted by atomic mass is 32.2. The Kier molecular flexibility index (Phi) is 11.7. The summed E-state index contributed by atoms with van der Waals surface area (Å²) in [5.74, 6) is -0.108. The van der Waals surface area contributed by atoms with Gasteiger partial charge in [0.25, 0.3) is 0 Å². The number of nitrogens with one attached hydrogen (secondary N) is 1. The van der Waals surface area contributed by atoms with Crippen LogP contribution in [0.3, 0.4) is 0 Å². The van der Waals surface area contributed by atoms with E-state index in [4.69, 9.17) is 13.3 Å². The summed E-state index contributed by atoms with van der Waals surface area (Å²) in [4.78, 5) is 0. The van der Waals surface area contributed by atoms with Gasteiger partial charge in [0, 0.05) is 52.6 Å². The van der Waals surface area contributed by atoms with E-state index in [2.05, 4.69) is 4.72 Å². The van der Waals surface area contributed by atoms with Crippen LogP contribution in [0.1, 0.15) is 12.8 Å². The van der Waals surface area contributed by atoms with Crippen molar-refractivity contribution < 1.29 is 37.0 Å². The van der Waals surface area contributed by atoms with E-state index < -0.39 is 26.9 Å². The minimum Gasteiger partial charge on any atom is -0.399 e. The SMILES string of the molecule is CO[Si](CCCNS(=O)(=O)CCC[Si](CO)(CO)CO)(OC)OC. The molecule has 12 heteroatoms. The van der Waals surface area contributed by atoms with Crippen LogP contribution in [-0.2, 0) is 23.3 Å². The third-order valence-electron chi connectivity index (χ3n) is 4.04. The molecule has 0 aromatic heterocycles. The van der Waals surface area contributed by atoms with E-state index in [-0.39, 0.29) is 37.4 Å². The van der Waals surface area contributed by atoms with Gasteiger partial charge >= 0.3 is 8.80 Å². The van der Waals surface area contributed by atoms with Crippen LogP contribution >= 0.6 is 0 Å². The normalized spacial score (nSPS) is 13.4. The first-order valence-electron chi connectivity index (χ1n) is 7.73. The lowest BCUT2D eigenvalue weighted by atomic mass is 10.5. The van der Waals surface area contributed by atoms with E-state index in [9.17, 15) is 23.7 Å². The molecule has 0 aromatic rings. The molecule has 0 saturated carbocycles. The quantitative estimate of drug-likeness (QED) is 0.193. The van der Waals surface area contributed by atoms with Crippen molar-refractivity contribution in [3.63, 3.8) is 0 Å². The molecule has 0 aliphatic rings. The zero-order valence-electron chi connectivity index (χ0n) is 14.7. The Morgan fingerprint density at radius 2 is 1.38 bits per heavy atom. The Morgan fingerprint density at radius 3 is 1.79 bits per heavy atom. The number of hydrogen-bond donors (Lipinski definition) is 4. The molecule has 0 fully saturated rings. The molecular weight excluding hydrogens is 374 g/mol. The van der Waals surface area contributed by atoms with Gasteiger partial charge in [-0.3, -0.25) is 0 Å². The van der Waals surface area contributed by atoms with Crippen molar-refractivity contribution in [3.05, 3.63) is 0 Å². The molecule has 0 bridgehead atoms. The Balaban J connectivity index is 4.24. The van der Waals surface area contributed by atoms with Crippen LogP contribution in [0.2, 0.25) is 12.1 Å². The molecule has 0 atom stereocenters. The number of rotatable bonds is 15. The molecule has 0 aromatic carbocycles. The molecule has 24 heavy (non-hydrogen) atoms. The fourth-order valence-electron chi connectivity index (χ4n) is 2.19. The number of aliphatic hydroxyl groups is 3. The Morgan fingerprint density at radius 1 is 0.875 bits per heavy atom. The van der Waals surface area contributed by atoms with Gasteiger partial charge in [0.1, 0.15) is 8.07 Å². The van der Waals surface area contributed by atoms with Gasteiger partial charge in [-0.15, -0.1) is 0 Å². The highest BCUT2D eigenvalue weighted by molar-refractivity contribution is 7.89. The van der Waals surface area contributed by atoms with Crippen molar-refractivity contribution in [2.24, 2.45) is 0 Å². The monoisotopic (exact) mass is 405 g/mol. The summed E-state index contributed by atoms with van der Waals surface area (Å²) in [7, 11) is -4.19. The molecular formula is C12H31NO8SSi2. The fraction of sp³-hybridized carbons (Fsp3) is 1.00. The fourth-order valence-corrected chi connectivity index (χ4v) is 6.99. The smallest absolute Gasteiger partial charge is 0.399 e. The molecule has 0 unspecified atom stereocenters. The van der Waals surface area contributed by atoms with E-state index in [1.807, 2.05) is 0 Å². The first-order chi connectivity index (χ1) is 11.3. The molecule has 146 valence electrons. The van der Waals surface area contributed by atoms with E-state index >= 15 is 0 Å². The zero-order chi connectivity index (χ0) is 18.7. The largest absolute Gasteiger partial charge is 0.500 e. The average molecular weight is 406 g/mol. The van der Waals surface area contributed by atoms with Crippen LogP contribution < -0.4 is 4.72 Å². The molecule has 0 amide bonds. The average Bonchev–Trinajstić information content (AvgIpc) is 2.60. The van der Waals surface area contributed by atoms with E-state index in [1.165, 1.54) is 21.3 Å². The summed E-state index contributed by atoms with van der Waals surface area (Å²) in [5, 5.41) is 27.8. The van der Waals surface area contributed by atoms with Gasteiger partial charge in [-0.25, -0.2) is 13.1 Å². The summed E-state index contributed by atoms with van der Waals surface area (Å²) in [6.07, 6.45) is 0.0292. The summed E-state index contributed by atoms with van der Waals surface area (Å²) in [6, 6.07) is 0.846. The van der Waals surface area contributed by atoms with Crippen molar-refractivity contribution in [3.8, 4) is 0 Å². The zero-order valence-corrected chi connectivity index (χ0v) is 17.5. The molecule has 0 aliphatic carbocycles. The second-order valence-electron chi connectivity index (χ2n) is 5.69. The maximum atomic E-state index is 11.9. The van der Waals surface area contributed by atoms with Crippen molar-refractivity contribution in [1.82, 2.24) is 4.72 Å². The van der Waals surface area contributed by atoms with E-state index in [1.54, 1.807) is 0 Å². The third-order valence-corrected chi connectivity index (χ3v) is 11.8. The number of aliphatic hydroxyl groups excluding tert-OH is 3. The lowest BCUT2D eigenvalue weighted by Crippen LogP contribution is -2.48. The second-order valence-corrected chi connectivity index (χ2v) is 15.2. The molecule has 0 aliphatic heterocycles. The predicted molar refractivity (Wildman–Crippen MR) is 94.4 cm³/mol. The number of sulfonamides is 1. The lowest BCUT2D eigenvalue weighted by molar-refractivity contribution is 0.123. The summed E-state index contributed by atoms with van der Waals surface area (Å²) >= 11 is 0. The molecule has 0 spiro atoms. The van der Waals surface area contributed by atoms with Gasteiger partial charge in [-0.2, -0.15) is 0 Å². The highest BCUT2D eigenvalue weighted by Crippen LogP contribution is 2.15. The van der Waals surface area contributed by atoms with Gasteiger partial charge in [0.2, 0.25) is 10.0 Å². The summed E-state index contributed by atoms with van der Waals surface area (Å²) in [6.45, 7) is 0.246. The molecule has 0 heterocycles. The van der Waals surface area contributed by atoms with Crippen LogP contribution in [-0.4, -0.2) is 92.9 Å². The summed E-state index contributed by atoms with van der Waals surface area (Å²) < 4.78 is 42.2. The van der Waals surface area contributed by atoms with Gasteiger partial charge in [-0.05, 0) is 12.8 Å². The van der Waals surface area contributed by atoms with Crippen molar-refractivity contribution >= 4 is 26.9 Å². The Hall–Kier alpha value is 0.104. The van der Waals surface area contributed by atoms with E-state index in [0.717, 1.165) is 0 Å². The van der Waals surface area contributed by atoms with Gasteiger partial charge in [0.05, 0.1) is 5.75 Å². The van der Waals surface area contributed by atoms with Crippen LogP contribution in [0.4, 0.5) is 0 Å². The maximum Gasteiger partial charge on any atom is 0.500 e. The summed E-state index contributed by atoms with van der Waals surface area (Å²) in [5.41, 5.74) is 0. The predicted octanol–water partition coefficient (Wildman–Crippen LogP) is -1.39. The van der Waals surface area contributed by atoms with Crippen LogP contribution in [0, 0.1) is 0 Å². The highest BCUT2D eigenvalue weighted by Gasteiger charge is 2.37. The van der Waals surface area contributed by atoms with Crippen molar-refractivity contribution in [2.75, 3.05) is 52.3 Å².